The predicted molar refractivity (Wildman–Crippen MR) is 83.8 cm³/mol. The first kappa shape index (κ1) is 14.8. The summed E-state index contributed by atoms with van der Waals surface area (Å²) in [5.74, 6) is -0.0516. The summed E-state index contributed by atoms with van der Waals surface area (Å²) in [4.78, 5) is 23.8. The summed E-state index contributed by atoms with van der Waals surface area (Å²) in [6.07, 6.45) is 2.55. The van der Waals surface area contributed by atoms with E-state index in [0.717, 1.165) is 16.4 Å². The lowest BCUT2D eigenvalue weighted by molar-refractivity contribution is -0.122. The Morgan fingerprint density at radius 2 is 2.15 bits per heavy atom. The number of nitrogens with one attached hydrogen (secondary N) is 1. The molecule has 5 heteroatoms. The molecule has 0 radical (unpaired) electrons. The summed E-state index contributed by atoms with van der Waals surface area (Å²) in [5, 5.41) is 3.54. The first-order chi connectivity index (χ1) is 9.51. The fraction of sp³-hybridized carbons (Fsp3) is 0.333. The first-order valence-corrected chi connectivity index (χ1v) is 7.38. The number of benzene rings is 1. The molecule has 0 spiro atoms. The van der Waals surface area contributed by atoms with E-state index >= 15 is 0 Å². The van der Waals surface area contributed by atoms with E-state index in [-0.39, 0.29) is 23.9 Å². The molecule has 0 saturated heterocycles. The van der Waals surface area contributed by atoms with Crippen LogP contribution in [0.5, 0.6) is 0 Å². The molecule has 106 valence electrons. The summed E-state index contributed by atoms with van der Waals surface area (Å²) >= 11 is 3.39. The molecule has 1 heterocycles. The van der Waals surface area contributed by atoms with Crippen LogP contribution in [0.15, 0.2) is 39.7 Å². The number of carbonyl (C=O) groups excluding carboxylic acids is 1. The van der Waals surface area contributed by atoms with Crippen molar-refractivity contribution in [3.05, 3.63) is 45.2 Å². The minimum absolute atomic E-state index is 0.0360. The molecule has 0 saturated carbocycles. The summed E-state index contributed by atoms with van der Waals surface area (Å²) < 4.78 is 2.67. The minimum atomic E-state index is -0.0516. The highest BCUT2D eigenvalue weighted by Crippen LogP contribution is 2.17. The van der Waals surface area contributed by atoms with E-state index in [1.807, 2.05) is 26.0 Å². The van der Waals surface area contributed by atoms with Gasteiger partial charge in [0.25, 0.3) is 0 Å². The smallest absolute Gasteiger partial charge is 0.240 e. The van der Waals surface area contributed by atoms with Gasteiger partial charge in [0.05, 0.1) is 5.52 Å². The Kier molecular flexibility index (Phi) is 4.60. The zero-order valence-electron chi connectivity index (χ0n) is 11.5. The third kappa shape index (κ3) is 3.28. The van der Waals surface area contributed by atoms with Crippen LogP contribution in [0, 0.1) is 0 Å². The van der Waals surface area contributed by atoms with Crippen molar-refractivity contribution in [2.45, 2.75) is 32.9 Å². The van der Waals surface area contributed by atoms with Crippen LogP contribution in [0.3, 0.4) is 0 Å². The number of hydrogen-bond donors (Lipinski definition) is 1. The van der Waals surface area contributed by atoms with Crippen molar-refractivity contribution >= 4 is 32.7 Å². The molecular weight excluding hydrogens is 320 g/mol. The van der Waals surface area contributed by atoms with Gasteiger partial charge in [0, 0.05) is 28.2 Å². The van der Waals surface area contributed by atoms with E-state index in [9.17, 15) is 9.59 Å². The van der Waals surface area contributed by atoms with Crippen LogP contribution in [0.4, 0.5) is 0 Å². The molecule has 4 nitrogen and oxygen atoms in total. The molecule has 1 atom stereocenters. The number of aromatic nitrogens is 1. The monoisotopic (exact) mass is 336 g/mol. The molecule has 0 fully saturated rings. The average Bonchev–Trinajstić information content (AvgIpc) is 2.41. The molecular formula is C15H17BrN2O2. The van der Waals surface area contributed by atoms with E-state index in [1.54, 1.807) is 16.8 Å². The normalized spacial score (nSPS) is 12.3. The number of nitrogens with zero attached hydrogens (tertiary/aromatic N) is 1. The fourth-order valence-corrected chi connectivity index (χ4v) is 2.34. The van der Waals surface area contributed by atoms with Crippen molar-refractivity contribution < 1.29 is 4.79 Å². The van der Waals surface area contributed by atoms with Crippen molar-refractivity contribution in [3.63, 3.8) is 0 Å². The second kappa shape index (κ2) is 6.22. The zero-order valence-corrected chi connectivity index (χ0v) is 13.1. The highest BCUT2D eigenvalue weighted by atomic mass is 79.9. The van der Waals surface area contributed by atoms with Gasteiger partial charge in [0.2, 0.25) is 5.91 Å². The third-order valence-electron chi connectivity index (χ3n) is 3.27. The maximum absolute atomic E-state index is 12.0. The Hall–Kier alpha value is -1.62. The van der Waals surface area contributed by atoms with Gasteiger partial charge in [-0.3, -0.25) is 9.59 Å². The van der Waals surface area contributed by atoms with E-state index in [4.69, 9.17) is 0 Å². The number of rotatable bonds is 4. The summed E-state index contributed by atoms with van der Waals surface area (Å²) in [7, 11) is 0. The van der Waals surface area contributed by atoms with Gasteiger partial charge in [-0.2, -0.15) is 0 Å². The Morgan fingerprint density at radius 3 is 2.85 bits per heavy atom. The van der Waals surface area contributed by atoms with Gasteiger partial charge in [-0.15, -0.1) is 0 Å². The van der Waals surface area contributed by atoms with Crippen LogP contribution in [0.1, 0.15) is 20.3 Å². The molecule has 0 bridgehead atoms. The lowest BCUT2D eigenvalue weighted by Crippen LogP contribution is -2.34. The summed E-state index contributed by atoms with van der Waals surface area (Å²) in [6, 6.07) is 7.10. The lowest BCUT2D eigenvalue weighted by Gasteiger charge is -2.14. The molecule has 0 unspecified atom stereocenters. The molecule has 0 aliphatic heterocycles. The Labute approximate surface area is 125 Å². The molecule has 0 aliphatic carbocycles. The second-order valence-corrected chi connectivity index (χ2v) is 5.76. The average molecular weight is 337 g/mol. The van der Waals surface area contributed by atoms with E-state index in [0.29, 0.717) is 5.39 Å². The number of carbonyl (C=O) groups is 1. The Balaban J connectivity index is 2.35. The van der Waals surface area contributed by atoms with E-state index in [1.165, 1.54) is 6.07 Å². The van der Waals surface area contributed by atoms with Gasteiger partial charge in [-0.05, 0) is 31.5 Å². The Bertz CT molecular complexity index is 694. The van der Waals surface area contributed by atoms with Gasteiger partial charge in [0.15, 0.2) is 5.43 Å². The molecule has 20 heavy (non-hydrogen) atoms. The lowest BCUT2D eigenvalue weighted by atomic mass is 10.2. The molecule has 0 aliphatic rings. The van der Waals surface area contributed by atoms with E-state index < -0.39 is 0 Å². The molecule has 1 amide bonds. The number of fused-ring (bicyclic) bond motifs is 1. The molecule has 1 N–H and O–H groups in total. The number of hydrogen-bond acceptors (Lipinski definition) is 2. The molecule has 2 aromatic rings. The highest BCUT2D eigenvalue weighted by molar-refractivity contribution is 9.10. The van der Waals surface area contributed by atoms with E-state index in [2.05, 4.69) is 21.2 Å². The van der Waals surface area contributed by atoms with Crippen LogP contribution in [0.2, 0.25) is 0 Å². The largest absolute Gasteiger partial charge is 0.352 e. The third-order valence-corrected chi connectivity index (χ3v) is 3.77. The van der Waals surface area contributed by atoms with Crippen LogP contribution in [-0.4, -0.2) is 16.5 Å². The van der Waals surface area contributed by atoms with Gasteiger partial charge in [-0.25, -0.2) is 0 Å². The van der Waals surface area contributed by atoms with Gasteiger partial charge in [-0.1, -0.05) is 22.9 Å². The maximum Gasteiger partial charge on any atom is 0.240 e. The van der Waals surface area contributed by atoms with Crippen LogP contribution in [-0.2, 0) is 11.3 Å². The topological polar surface area (TPSA) is 51.1 Å². The van der Waals surface area contributed by atoms with Gasteiger partial charge >= 0.3 is 0 Å². The summed E-state index contributed by atoms with van der Waals surface area (Å²) in [5.41, 5.74) is 0.720. The highest BCUT2D eigenvalue weighted by Gasteiger charge is 2.09. The van der Waals surface area contributed by atoms with Crippen molar-refractivity contribution in [3.8, 4) is 0 Å². The Morgan fingerprint density at radius 1 is 1.40 bits per heavy atom. The minimum Gasteiger partial charge on any atom is -0.352 e. The van der Waals surface area contributed by atoms with Crippen LogP contribution >= 0.6 is 15.9 Å². The first-order valence-electron chi connectivity index (χ1n) is 6.59. The number of amides is 1. The van der Waals surface area contributed by atoms with Crippen molar-refractivity contribution in [1.29, 1.82) is 0 Å². The zero-order chi connectivity index (χ0) is 14.7. The number of pyridine rings is 1. The predicted octanol–water partition coefficient (Wildman–Crippen LogP) is 2.68. The van der Waals surface area contributed by atoms with Crippen LogP contribution in [0.25, 0.3) is 10.9 Å². The standard InChI is InChI=1S/C15H17BrN2O2/c1-3-10(2)17-15(20)9-18-7-6-14(19)12-5-4-11(16)8-13(12)18/h4-8,10H,3,9H2,1-2H3,(H,17,20)/t10-/m0/s1. The SMILES string of the molecule is CC[C@H](C)NC(=O)Cn1ccc(=O)c2ccc(Br)cc21. The second-order valence-electron chi connectivity index (χ2n) is 4.85. The van der Waals surface area contributed by atoms with Crippen molar-refractivity contribution in [1.82, 2.24) is 9.88 Å². The fourth-order valence-electron chi connectivity index (χ4n) is 1.99. The van der Waals surface area contributed by atoms with Crippen LogP contribution < -0.4 is 10.7 Å². The van der Waals surface area contributed by atoms with Gasteiger partial charge < -0.3 is 9.88 Å². The van der Waals surface area contributed by atoms with Gasteiger partial charge in [0.1, 0.15) is 6.54 Å². The maximum atomic E-state index is 12.0. The quantitative estimate of drug-likeness (QED) is 0.933. The molecule has 1 aromatic heterocycles. The molecule has 2 rings (SSSR count). The van der Waals surface area contributed by atoms with Crippen molar-refractivity contribution in [2.75, 3.05) is 0 Å². The molecule has 1 aromatic carbocycles. The van der Waals surface area contributed by atoms with Crippen molar-refractivity contribution in [2.24, 2.45) is 0 Å². The summed E-state index contributed by atoms with van der Waals surface area (Å²) in [6.45, 7) is 4.20. The number of halogens is 1.